The van der Waals surface area contributed by atoms with Crippen LogP contribution < -0.4 is 0 Å². The first-order valence-electron chi connectivity index (χ1n) is 6.85. The molecule has 1 heterocycles. The molecule has 7 heteroatoms. The van der Waals surface area contributed by atoms with Crippen LogP contribution in [0.5, 0.6) is 0 Å². The van der Waals surface area contributed by atoms with E-state index in [1.54, 1.807) is 20.8 Å². The predicted octanol–water partition coefficient (Wildman–Crippen LogP) is 1.35. The highest BCUT2D eigenvalue weighted by Gasteiger charge is 2.41. The van der Waals surface area contributed by atoms with Gasteiger partial charge in [0.05, 0.1) is 20.1 Å². The third kappa shape index (κ3) is 4.61. The lowest BCUT2D eigenvalue weighted by atomic mass is 9.93. The Bertz CT molecular complexity index is 414. The topological polar surface area (TPSA) is 82.1 Å². The Labute approximate surface area is 124 Å². The van der Waals surface area contributed by atoms with E-state index in [2.05, 4.69) is 0 Å². The Morgan fingerprint density at radius 3 is 2.05 bits per heavy atom. The van der Waals surface area contributed by atoms with E-state index in [0.29, 0.717) is 12.8 Å². The fourth-order valence-corrected chi connectivity index (χ4v) is 2.23. The Kier molecular flexibility index (Phi) is 5.57. The monoisotopic (exact) mass is 301 g/mol. The van der Waals surface area contributed by atoms with Crippen LogP contribution in [-0.2, 0) is 23.8 Å². The van der Waals surface area contributed by atoms with Crippen molar-refractivity contribution in [3.63, 3.8) is 0 Å². The van der Waals surface area contributed by atoms with Crippen LogP contribution in [0.2, 0.25) is 0 Å². The minimum absolute atomic E-state index is 0.0847. The molecule has 0 saturated carbocycles. The molecule has 0 aromatic rings. The maximum Gasteiger partial charge on any atom is 0.411 e. The number of nitrogens with zero attached hydrogens (tertiary/aromatic N) is 1. The van der Waals surface area contributed by atoms with Gasteiger partial charge in [-0.05, 0) is 33.6 Å². The van der Waals surface area contributed by atoms with Crippen molar-refractivity contribution in [2.75, 3.05) is 20.8 Å². The van der Waals surface area contributed by atoms with E-state index in [4.69, 9.17) is 14.2 Å². The highest BCUT2D eigenvalue weighted by atomic mass is 16.6. The van der Waals surface area contributed by atoms with E-state index in [-0.39, 0.29) is 6.54 Å². The van der Waals surface area contributed by atoms with Gasteiger partial charge in [0.15, 0.2) is 0 Å². The van der Waals surface area contributed by atoms with E-state index in [1.807, 2.05) is 0 Å². The molecule has 0 N–H and O–H groups in total. The summed E-state index contributed by atoms with van der Waals surface area (Å²) >= 11 is 0. The van der Waals surface area contributed by atoms with Crippen molar-refractivity contribution >= 4 is 18.0 Å². The highest BCUT2D eigenvalue weighted by molar-refractivity contribution is 5.83. The number of methoxy groups -OCH3 is 2. The summed E-state index contributed by atoms with van der Waals surface area (Å²) in [5, 5.41) is 0. The standard InChI is InChI=1S/C14H23NO6/c1-14(2,3)21-13(18)15-8-9(11(16)19-4)6-7-10(15)12(17)20-5/h9-10H,6-8H2,1-5H3. The number of carbonyl (C=O) groups excluding carboxylic acids is 3. The largest absolute Gasteiger partial charge is 0.469 e. The smallest absolute Gasteiger partial charge is 0.411 e. The molecule has 1 fully saturated rings. The molecule has 1 saturated heterocycles. The SMILES string of the molecule is COC(=O)C1CCC(C(=O)OC)N(C(=O)OC(C)(C)C)C1. The van der Waals surface area contributed by atoms with Gasteiger partial charge in [-0.2, -0.15) is 0 Å². The van der Waals surface area contributed by atoms with Crippen LogP contribution in [0, 0.1) is 5.92 Å². The number of piperidine rings is 1. The van der Waals surface area contributed by atoms with E-state index in [1.165, 1.54) is 19.1 Å². The van der Waals surface area contributed by atoms with Crippen LogP contribution in [-0.4, -0.2) is 55.3 Å². The maximum absolute atomic E-state index is 12.2. The molecule has 0 aromatic heterocycles. The molecule has 1 rings (SSSR count). The number of carbonyl (C=O) groups is 3. The minimum atomic E-state index is -0.731. The summed E-state index contributed by atoms with van der Waals surface area (Å²) in [5.41, 5.74) is -0.685. The third-order valence-electron chi connectivity index (χ3n) is 3.22. The molecule has 0 radical (unpaired) electrons. The molecule has 1 aliphatic rings. The fraction of sp³-hybridized carbons (Fsp3) is 0.786. The number of hydrogen-bond donors (Lipinski definition) is 0. The van der Waals surface area contributed by atoms with E-state index in [0.717, 1.165) is 0 Å². The van der Waals surface area contributed by atoms with Crippen LogP contribution >= 0.6 is 0 Å². The second-order valence-corrected chi connectivity index (χ2v) is 5.97. The predicted molar refractivity (Wildman–Crippen MR) is 73.5 cm³/mol. The third-order valence-corrected chi connectivity index (χ3v) is 3.22. The van der Waals surface area contributed by atoms with Crippen molar-refractivity contribution in [1.29, 1.82) is 0 Å². The molecular weight excluding hydrogens is 278 g/mol. The van der Waals surface area contributed by atoms with Gasteiger partial charge in [-0.1, -0.05) is 0 Å². The van der Waals surface area contributed by atoms with Gasteiger partial charge in [0, 0.05) is 6.54 Å². The van der Waals surface area contributed by atoms with Gasteiger partial charge in [0.1, 0.15) is 11.6 Å². The molecule has 0 bridgehead atoms. The first kappa shape index (κ1) is 17.3. The van der Waals surface area contributed by atoms with Crippen molar-refractivity contribution in [1.82, 2.24) is 4.90 Å². The lowest BCUT2D eigenvalue weighted by molar-refractivity contribution is -0.154. The number of likely N-dealkylation sites (tertiary alicyclic amines) is 1. The van der Waals surface area contributed by atoms with E-state index in [9.17, 15) is 14.4 Å². The normalized spacial score (nSPS) is 22.4. The van der Waals surface area contributed by atoms with Crippen LogP contribution in [0.4, 0.5) is 4.79 Å². The summed E-state index contributed by atoms with van der Waals surface area (Å²) in [5.74, 6) is -1.36. The van der Waals surface area contributed by atoms with Gasteiger partial charge in [0.25, 0.3) is 0 Å². The zero-order valence-electron chi connectivity index (χ0n) is 13.2. The van der Waals surface area contributed by atoms with Crippen LogP contribution in [0.1, 0.15) is 33.6 Å². The second kappa shape index (κ2) is 6.78. The first-order chi connectivity index (χ1) is 9.69. The summed E-state index contributed by atoms with van der Waals surface area (Å²) in [7, 11) is 2.56. The van der Waals surface area contributed by atoms with Crippen molar-refractivity contribution in [3.05, 3.63) is 0 Å². The highest BCUT2D eigenvalue weighted by Crippen LogP contribution is 2.25. The van der Waals surface area contributed by atoms with E-state index >= 15 is 0 Å². The number of rotatable bonds is 2. The number of amides is 1. The molecule has 120 valence electrons. The Hall–Kier alpha value is -1.79. The molecule has 1 aliphatic heterocycles. The van der Waals surface area contributed by atoms with E-state index < -0.39 is 35.6 Å². The van der Waals surface area contributed by atoms with Gasteiger partial charge in [0.2, 0.25) is 0 Å². The van der Waals surface area contributed by atoms with Crippen LogP contribution in [0.25, 0.3) is 0 Å². The summed E-state index contributed by atoms with van der Waals surface area (Å²) in [6.07, 6.45) is 0.170. The van der Waals surface area contributed by atoms with Gasteiger partial charge >= 0.3 is 18.0 Å². The summed E-state index contributed by atoms with van der Waals surface area (Å²) in [6.45, 7) is 5.29. The summed E-state index contributed by atoms with van der Waals surface area (Å²) in [6, 6.07) is -0.731. The quantitative estimate of drug-likeness (QED) is 0.565. The zero-order valence-corrected chi connectivity index (χ0v) is 13.2. The maximum atomic E-state index is 12.2. The Morgan fingerprint density at radius 1 is 1.00 bits per heavy atom. The molecule has 21 heavy (non-hydrogen) atoms. The lowest BCUT2D eigenvalue weighted by Crippen LogP contribution is -2.53. The lowest BCUT2D eigenvalue weighted by Gasteiger charge is -2.37. The molecule has 0 spiro atoms. The van der Waals surface area contributed by atoms with Crippen molar-refractivity contribution in [2.45, 2.75) is 45.3 Å². The van der Waals surface area contributed by atoms with Gasteiger partial charge in [-0.15, -0.1) is 0 Å². The van der Waals surface area contributed by atoms with Gasteiger partial charge < -0.3 is 14.2 Å². The molecule has 0 aliphatic carbocycles. The zero-order chi connectivity index (χ0) is 16.2. The molecule has 2 atom stereocenters. The van der Waals surface area contributed by atoms with Gasteiger partial charge in [-0.3, -0.25) is 9.69 Å². The average Bonchev–Trinajstić information content (AvgIpc) is 2.43. The summed E-state index contributed by atoms with van der Waals surface area (Å²) < 4.78 is 14.7. The first-order valence-corrected chi connectivity index (χ1v) is 6.85. The fourth-order valence-electron chi connectivity index (χ4n) is 2.23. The number of esters is 2. The minimum Gasteiger partial charge on any atom is -0.469 e. The van der Waals surface area contributed by atoms with Crippen LogP contribution in [0.15, 0.2) is 0 Å². The Morgan fingerprint density at radius 2 is 1.57 bits per heavy atom. The molecular formula is C14H23NO6. The average molecular weight is 301 g/mol. The van der Waals surface area contributed by atoms with Crippen molar-refractivity contribution in [2.24, 2.45) is 5.92 Å². The molecule has 1 amide bonds. The Balaban J connectivity index is 2.90. The molecule has 2 unspecified atom stereocenters. The van der Waals surface area contributed by atoms with Crippen LogP contribution in [0.3, 0.4) is 0 Å². The van der Waals surface area contributed by atoms with Gasteiger partial charge in [-0.25, -0.2) is 9.59 Å². The summed E-state index contributed by atoms with van der Waals surface area (Å²) in [4.78, 5) is 37.0. The second-order valence-electron chi connectivity index (χ2n) is 5.97. The molecule has 7 nitrogen and oxygen atoms in total. The number of hydrogen-bond acceptors (Lipinski definition) is 6. The van der Waals surface area contributed by atoms with Crippen molar-refractivity contribution < 1.29 is 28.6 Å². The van der Waals surface area contributed by atoms with Crippen molar-refractivity contribution in [3.8, 4) is 0 Å². The molecule has 0 aromatic carbocycles. The number of ether oxygens (including phenoxy) is 3.